The van der Waals surface area contributed by atoms with Crippen molar-refractivity contribution in [3.63, 3.8) is 0 Å². The number of likely N-dealkylation sites (N-methyl/N-ethyl adjacent to an activating group) is 1. The van der Waals surface area contributed by atoms with Crippen LogP contribution in [0.1, 0.15) is 23.7 Å². The summed E-state index contributed by atoms with van der Waals surface area (Å²) in [6.45, 7) is 5.05. The van der Waals surface area contributed by atoms with Gasteiger partial charge in [0.15, 0.2) is 0 Å². The first-order valence-electron chi connectivity index (χ1n) is 8.70. The molecule has 0 unspecified atom stereocenters. The molecule has 1 aliphatic carbocycles. The molecule has 0 aliphatic heterocycles. The van der Waals surface area contributed by atoms with Crippen LogP contribution >= 0.6 is 15.9 Å². The number of rotatable bonds is 5. The largest absolute Gasteiger partial charge is 0.366 e. The number of halogens is 1. The van der Waals surface area contributed by atoms with Gasteiger partial charge in [-0.1, -0.05) is 24.3 Å². The second-order valence-electron chi connectivity index (χ2n) is 6.66. The average Bonchev–Trinajstić information content (AvgIpc) is 3.05. The number of benzene rings is 1. The highest BCUT2D eigenvalue weighted by molar-refractivity contribution is 9.10. The molecule has 0 radical (unpaired) electrons. The SMILES string of the molecule is CCN(C)C=Nc1cc(Br)c(N(C)C2Cc3ccccc3C2)nc1C. The summed E-state index contributed by atoms with van der Waals surface area (Å²) < 4.78 is 0.989. The number of anilines is 1. The van der Waals surface area contributed by atoms with E-state index in [9.17, 15) is 0 Å². The topological polar surface area (TPSA) is 31.7 Å². The molecule has 1 aliphatic rings. The summed E-state index contributed by atoms with van der Waals surface area (Å²) in [5.74, 6) is 0.984. The van der Waals surface area contributed by atoms with Gasteiger partial charge < -0.3 is 9.80 Å². The third-order valence-corrected chi connectivity index (χ3v) is 5.51. The van der Waals surface area contributed by atoms with Crippen LogP contribution in [0.25, 0.3) is 0 Å². The highest BCUT2D eigenvalue weighted by atomic mass is 79.9. The van der Waals surface area contributed by atoms with Crippen molar-refractivity contribution in [2.75, 3.05) is 25.5 Å². The molecule has 0 saturated heterocycles. The van der Waals surface area contributed by atoms with E-state index >= 15 is 0 Å². The Morgan fingerprint density at radius 2 is 1.88 bits per heavy atom. The van der Waals surface area contributed by atoms with Crippen LogP contribution in [-0.2, 0) is 12.8 Å². The Bertz CT molecular complexity index is 762. The van der Waals surface area contributed by atoms with Crippen LogP contribution in [0, 0.1) is 6.92 Å². The number of hydrogen-bond acceptors (Lipinski definition) is 3. The van der Waals surface area contributed by atoms with E-state index in [1.54, 1.807) is 0 Å². The molecule has 0 atom stereocenters. The molecule has 0 amide bonds. The molecular formula is C20H25BrN4. The lowest BCUT2D eigenvalue weighted by Gasteiger charge is -2.27. The summed E-state index contributed by atoms with van der Waals surface area (Å²) in [6.07, 6.45) is 4.00. The van der Waals surface area contributed by atoms with Crippen molar-refractivity contribution >= 4 is 33.8 Å². The number of aromatic nitrogens is 1. The predicted octanol–water partition coefficient (Wildman–Crippen LogP) is 4.37. The standard InChI is InChI=1S/C20H25BrN4/c1-5-24(3)13-22-19-12-18(21)20(23-14(19)2)25(4)17-10-15-8-6-7-9-16(15)11-17/h6-9,12-13,17H,5,10-11H2,1-4H3. The fourth-order valence-electron chi connectivity index (χ4n) is 3.16. The second kappa shape index (κ2) is 7.56. The Hall–Kier alpha value is -1.88. The molecule has 25 heavy (non-hydrogen) atoms. The van der Waals surface area contributed by atoms with Crippen molar-refractivity contribution < 1.29 is 0 Å². The molecule has 2 aromatic rings. The van der Waals surface area contributed by atoms with E-state index in [0.717, 1.165) is 41.1 Å². The predicted molar refractivity (Wildman–Crippen MR) is 109 cm³/mol. The van der Waals surface area contributed by atoms with Crippen LogP contribution in [0.3, 0.4) is 0 Å². The zero-order valence-corrected chi connectivity index (χ0v) is 16.9. The quantitative estimate of drug-likeness (QED) is 0.551. The van der Waals surface area contributed by atoms with E-state index in [2.05, 4.69) is 70.1 Å². The summed E-state index contributed by atoms with van der Waals surface area (Å²) in [7, 11) is 4.15. The van der Waals surface area contributed by atoms with Crippen molar-refractivity contribution in [3.05, 3.63) is 51.6 Å². The third kappa shape index (κ3) is 3.87. The maximum Gasteiger partial charge on any atom is 0.143 e. The van der Waals surface area contributed by atoms with Crippen LogP contribution in [0.2, 0.25) is 0 Å². The van der Waals surface area contributed by atoms with Gasteiger partial charge >= 0.3 is 0 Å². The van der Waals surface area contributed by atoms with Gasteiger partial charge in [-0.05, 0) is 59.8 Å². The number of nitrogens with zero attached hydrogens (tertiary/aromatic N) is 4. The molecule has 0 fully saturated rings. The van der Waals surface area contributed by atoms with Crippen molar-refractivity contribution in [2.24, 2.45) is 4.99 Å². The fraction of sp³-hybridized carbons (Fsp3) is 0.400. The zero-order chi connectivity index (χ0) is 18.0. The number of aliphatic imine (C=N–C) groups is 1. The Labute approximate surface area is 158 Å². The molecular weight excluding hydrogens is 376 g/mol. The number of pyridine rings is 1. The molecule has 0 N–H and O–H groups in total. The molecule has 4 nitrogen and oxygen atoms in total. The van der Waals surface area contributed by atoms with Crippen LogP contribution in [0.4, 0.5) is 11.5 Å². The van der Waals surface area contributed by atoms with E-state index in [1.165, 1.54) is 11.1 Å². The first kappa shape index (κ1) is 17.9. The van der Waals surface area contributed by atoms with E-state index in [4.69, 9.17) is 4.98 Å². The van der Waals surface area contributed by atoms with E-state index in [1.807, 2.05) is 25.2 Å². The van der Waals surface area contributed by atoms with Gasteiger partial charge in [-0.3, -0.25) is 0 Å². The van der Waals surface area contributed by atoms with Crippen LogP contribution in [0.15, 0.2) is 39.8 Å². The van der Waals surface area contributed by atoms with Gasteiger partial charge in [0.05, 0.1) is 22.2 Å². The Balaban J connectivity index is 1.81. The molecule has 5 heteroatoms. The summed E-state index contributed by atoms with van der Waals surface area (Å²) in [6, 6.07) is 11.2. The van der Waals surface area contributed by atoms with Gasteiger partial charge in [0.1, 0.15) is 5.82 Å². The number of fused-ring (bicyclic) bond motifs is 1. The fourth-order valence-corrected chi connectivity index (χ4v) is 3.75. The van der Waals surface area contributed by atoms with E-state index < -0.39 is 0 Å². The Morgan fingerprint density at radius 3 is 2.48 bits per heavy atom. The van der Waals surface area contributed by atoms with E-state index in [-0.39, 0.29) is 0 Å². The number of hydrogen-bond donors (Lipinski definition) is 0. The Morgan fingerprint density at radius 1 is 1.24 bits per heavy atom. The molecule has 1 aromatic heterocycles. The summed E-state index contributed by atoms with van der Waals surface area (Å²) >= 11 is 3.70. The van der Waals surface area contributed by atoms with Crippen molar-refractivity contribution in [3.8, 4) is 0 Å². The van der Waals surface area contributed by atoms with Crippen LogP contribution < -0.4 is 4.90 Å². The lowest BCUT2D eigenvalue weighted by Crippen LogP contribution is -2.33. The van der Waals surface area contributed by atoms with Crippen LogP contribution in [-0.4, -0.2) is 42.9 Å². The first-order valence-corrected chi connectivity index (χ1v) is 9.50. The van der Waals surface area contributed by atoms with Crippen molar-refractivity contribution in [2.45, 2.75) is 32.7 Å². The summed E-state index contributed by atoms with van der Waals surface area (Å²) in [4.78, 5) is 13.7. The molecule has 3 rings (SSSR count). The molecule has 1 aromatic carbocycles. The second-order valence-corrected chi connectivity index (χ2v) is 7.51. The lowest BCUT2D eigenvalue weighted by atomic mass is 10.1. The third-order valence-electron chi connectivity index (χ3n) is 4.93. The van der Waals surface area contributed by atoms with Crippen molar-refractivity contribution in [1.82, 2.24) is 9.88 Å². The highest BCUT2D eigenvalue weighted by Gasteiger charge is 2.26. The monoisotopic (exact) mass is 400 g/mol. The molecule has 132 valence electrons. The highest BCUT2D eigenvalue weighted by Crippen LogP contribution is 2.34. The van der Waals surface area contributed by atoms with Gasteiger partial charge in [0.25, 0.3) is 0 Å². The molecule has 0 bridgehead atoms. The Kier molecular flexibility index (Phi) is 5.42. The van der Waals surface area contributed by atoms with Gasteiger partial charge in [0, 0.05) is 26.7 Å². The van der Waals surface area contributed by atoms with Gasteiger partial charge in [-0.25, -0.2) is 9.98 Å². The van der Waals surface area contributed by atoms with E-state index in [0.29, 0.717) is 6.04 Å². The lowest BCUT2D eigenvalue weighted by molar-refractivity contribution is 0.552. The minimum absolute atomic E-state index is 0.446. The zero-order valence-electron chi connectivity index (χ0n) is 15.3. The molecule has 0 saturated carbocycles. The van der Waals surface area contributed by atoms with Crippen LogP contribution in [0.5, 0.6) is 0 Å². The van der Waals surface area contributed by atoms with Crippen molar-refractivity contribution in [1.29, 1.82) is 0 Å². The maximum absolute atomic E-state index is 4.83. The summed E-state index contributed by atoms with van der Waals surface area (Å²) in [5.41, 5.74) is 4.76. The molecule has 0 spiro atoms. The minimum Gasteiger partial charge on any atom is -0.366 e. The molecule has 1 heterocycles. The maximum atomic E-state index is 4.83. The minimum atomic E-state index is 0.446. The average molecular weight is 401 g/mol. The first-order chi connectivity index (χ1) is 12.0. The van der Waals surface area contributed by atoms with Gasteiger partial charge in [-0.2, -0.15) is 0 Å². The summed E-state index contributed by atoms with van der Waals surface area (Å²) in [5, 5.41) is 0. The smallest absolute Gasteiger partial charge is 0.143 e. The van der Waals surface area contributed by atoms with Gasteiger partial charge in [0.2, 0.25) is 0 Å². The normalized spacial score (nSPS) is 14.1. The number of aryl methyl sites for hydroxylation is 1. The van der Waals surface area contributed by atoms with Gasteiger partial charge in [-0.15, -0.1) is 0 Å².